The molecule has 1 aliphatic rings. The number of hydrogen-bond donors (Lipinski definition) is 1. The molecule has 2 aromatic rings. The van der Waals surface area contributed by atoms with Crippen LogP contribution < -0.4 is 5.32 Å². The fourth-order valence-corrected chi connectivity index (χ4v) is 5.21. The van der Waals surface area contributed by atoms with Crippen molar-refractivity contribution in [2.45, 2.75) is 37.5 Å². The molecular formula is C21H23NO7S2. The highest BCUT2D eigenvalue weighted by molar-refractivity contribution is 7.90. The van der Waals surface area contributed by atoms with Gasteiger partial charge in [-0.1, -0.05) is 0 Å². The zero-order chi connectivity index (χ0) is 22.6. The molecule has 0 atom stereocenters. The second kappa shape index (κ2) is 9.61. The van der Waals surface area contributed by atoms with E-state index in [9.17, 15) is 22.8 Å². The second-order valence-electron chi connectivity index (χ2n) is 7.06. The minimum Gasteiger partial charge on any atom is -0.462 e. The molecule has 10 heteroatoms. The monoisotopic (exact) mass is 465 g/mol. The first-order valence-electron chi connectivity index (χ1n) is 9.79. The third-order valence-corrected chi connectivity index (χ3v) is 7.09. The van der Waals surface area contributed by atoms with Crippen LogP contribution in [0.15, 0.2) is 29.2 Å². The number of ether oxygens (including phenoxy) is 2. The topological polar surface area (TPSA) is 116 Å². The highest BCUT2D eigenvalue weighted by Gasteiger charge is 2.27. The Morgan fingerprint density at radius 1 is 1.03 bits per heavy atom. The number of carbonyl (C=O) groups excluding carboxylic acids is 3. The van der Waals surface area contributed by atoms with Gasteiger partial charge in [0.05, 0.1) is 22.6 Å². The molecule has 0 unspecified atom stereocenters. The molecule has 0 bridgehead atoms. The maximum Gasteiger partial charge on any atom is 0.341 e. The van der Waals surface area contributed by atoms with Gasteiger partial charge < -0.3 is 14.8 Å². The van der Waals surface area contributed by atoms with Crippen molar-refractivity contribution in [1.29, 1.82) is 0 Å². The van der Waals surface area contributed by atoms with Crippen molar-refractivity contribution in [3.8, 4) is 0 Å². The number of rotatable bonds is 7. The van der Waals surface area contributed by atoms with Crippen molar-refractivity contribution in [1.82, 2.24) is 0 Å². The average molecular weight is 466 g/mol. The van der Waals surface area contributed by atoms with Crippen LogP contribution in [0.2, 0.25) is 0 Å². The summed E-state index contributed by atoms with van der Waals surface area (Å²) in [7, 11) is -3.38. The number of carbonyl (C=O) groups is 3. The molecule has 1 aliphatic carbocycles. The molecule has 0 fully saturated rings. The van der Waals surface area contributed by atoms with Gasteiger partial charge in [-0.2, -0.15) is 0 Å². The molecule has 1 N–H and O–H groups in total. The third-order valence-electron chi connectivity index (χ3n) is 4.76. The molecule has 0 spiro atoms. The van der Waals surface area contributed by atoms with Gasteiger partial charge in [-0.15, -0.1) is 11.3 Å². The van der Waals surface area contributed by atoms with E-state index >= 15 is 0 Å². The van der Waals surface area contributed by atoms with Crippen LogP contribution in [-0.4, -0.2) is 45.7 Å². The molecule has 1 amide bonds. The van der Waals surface area contributed by atoms with E-state index in [1.54, 1.807) is 6.92 Å². The minimum atomic E-state index is -3.38. The predicted molar refractivity (Wildman–Crippen MR) is 115 cm³/mol. The third kappa shape index (κ3) is 5.50. The predicted octanol–water partition coefficient (Wildman–Crippen LogP) is 3.00. The van der Waals surface area contributed by atoms with E-state index in [0.717, 1.165) is 42.4 Å². The van der Waals surface area contributed by atoms with E-state index in [1.807, 2.05) is 0 Å². The number of aryl methyl sites for hydroxylation is 1. The van der Waals surface area contributed by atoms with Crippen LogP contribution in [0.1, 0.15) is 50.9 Å². The molecule has 166 valence electrons. The van der Waals surface area contributed by atoms with Crippen LogP contribution in [0.4, 0.5) is 5.00 Å². The lowest BCUT2D eigenvalue weighted by Crippen LogP contribution is -2.22. The normalized spacial score (nSPS) is 13.2. The highest BCUT2D eigenvalue weighted by Crippen LogP contribution is 2.38. The SMILES string of the molecule is CCOC(=O)c1c(NC(=O)COC(=O)c2ccc(S(C)(=O)=O)cc2)sc2c1CCCC2. The van der Waals surface area contributed by atoms with Crippen LogP contribution in [0.3, 0.4) is 0 Å². The lowest BCUT2D eigenvalue weighted by Gasteiger charge is -2.12. The van der Waals surface area contributed by atoms with Crippen molar-refractivity contribution in [2.75, 3.05) is 24.8 Å². The molecule has 0 radical (unpaired) electrons. The summed E-state index contributed by atoms with van der Waals surface area (Å²) in [5.41, 5.74) is 1.43. The lowest BCUT2D eigenvalue weighted by molar-refractivity contribution is -0.119. The molecule has 1 aromatic carbocycles. The molecule has 3 rings (SSSR count). The van der Waals surface area contributed by atoms with E-state index in [4.69, 9.17) is 9.47 Å². The first kappa shape index (κ1) is 23.0. The summed E-state index contributed by atoms with van der Waals surface area (Å²) < 4.78 is 33.2. The number of benzene rings is 1. The van der Waals surface area contributed by atoms with Gasteiger partial charge in [-0.3, -0.25) is 4.79 Å². The summed E-state index contributed by atoms with van der Waals surface area (Å²) in [6.07, 6.45) is 4.67. The number of sulfone groups is 1. The van der Waals surface area contributed by atoms with Crippen LogP contribution >= 0.6 is 11.3 Å². The molecule has 1 aromatic heterocycles. The number of fused-ring (bicyclic) bond motifs is 1. The Bertz CT molecular complexity index is 1100. The van der Waals surface area contributed by atoms with Crippen molar-refractivity contribution in [3.05, 3.63) is 45.8 Å². The average Bonchev–Trinajstić information content (AvgIpc) is 3.09. The zero-order valence-corrected chi connectivity index (χ0v) is 18.9. The smallest absolute Gasteiger partial charge is 0.341 e. The van der Waals surface area contributed by atoms with Gasteiger partial charge in [0.25, 0.3) is 5.91 Å². The Balaban J connectivity index is 1.66. The van der Waals surface area contributed by atoms with Crippen molar-refractivity contribution < 1.29 is 32.3 Å². The maximum atomic E-state index is 12.4. The Kier molecular flexibility index (Phi) is 7.11. The van der Waals surface area contributed by atoms with Gasteiger partial charge in [0.15, 0.2) is 16.4 Å². The Morgan fingerprint density at radius 2 is 1.71 bits per heavy atom. The Labute approximate surface area is 184 Å². The Hall–Kier alpha value is -2.72. The van der Waals surface area contributed by atoms with E-state index in [0.29, 0.717) is 10.6 Å². The fraction of sp³-hybridized carbons (Fsp3) is 0.381. The molecule has 31 heavy (non-hydrogen) atoms. The first-order chi connectivity index (χ1) is 14.7. The molecule has 8 nitrogen and oxygen atoms in total. The zero-order valence-electron chi connectivity index (χ0n) is 17.2. The van der Waals surface area contributed by atoms with Crippen molar-refractivity contribution in [3.63, 3.8) is 0 Å². The summed E-state index contributed by atoms with van der Waals surface area (Å²) in [6.45, 7) is 1.40. The number of nitrogens with one attached hydrogen (secondary N) is 1. The largest absolute Gasteiger partial charge is 0.462 e. The summed E-state index contributed by atoms with van der Waals surface area (Å²) in [6, 6.07) is 5.24. The summed E-state index contributed by atoms with van der Waals surface area (Å²) >= 11 is 1.35. The lowest BCUT2D eigenvalue weighted by atomic mass is 9.95. The van der Waals surface area contributed by atoms with Gasteiger partial charge in [0.2, 0.25) is 0 Å². The standard InChI is InChI=1S/C21H23NO7S2/c1-3-28-21(25)18-15-6-4-5-7-16(15)30-19(18)22-17(23)12-29-20(24)13-8-10-14(11-9-13)31(2,26)27/h8-11H,3-7,12H2,1-2H3,(H,22,23). The van der Waals surface area contributed by atoms with Crippen molar-refractivity contribution in [2.24, 2.45) is 0 Å². The van der Waals surface area contributed by atoms with Gasteiger partial charge in [0.1, 0.15) is 5.00 Å². The van der Waals surface area contributed by atoms with Gasteiger partial charge in [-0.25, -0.2) is 18.0 Å². The number of anilines is 1. The minimum absolute atomic E-state index is 0.0787. The molecule has 0 aliphatic heterocycles. The molecular weight excluding hydrogens is 442 g/mol. The summed E-state index contributed by atoms with van der Waals surface area (Å²) in [5, 5.41) is 3.07. The van der Waals surface area contributed by atoms with E-state index in [-0.39, 0.29) is 17.1 Å². The quantitative estimate of drug-likeness (QED) is 0.625. The van der Waals surface area contributed by atoms with Gasteiger partial charge in [-0.05, 0) is 62.4 Å². The van der Waals surface area contributed by atoms with Crippen molar-refractivity contribution >= 4 is 44.0 Å². The Morgan fingerprint density at radius 3 is 2.35 bits per heavy atom. The van der Waals surface area contributed by atoms with Gasteiger partial charge >= 0.3 is 11.9 Å². The van der Waals surface area contributed by atoms with Crippen LogP contribution in [0.5, 0.6) is 0 Å². The molecule has 1 heterocycles. The number of amides is 1. The van der Waals surface area contributed by atoms with Crippen LogP contribution in [0.25, 0.3) is 0 Å². The maximum absolute atomic E-state index is 12.4. The van der Waals surface area contributed by atoms with Crippen LogP contribution in [-0.2, 0) is 36.9 Å². The van der Waals surface area contributed by atoms with Gasteiger partial charge in [0, 0.05) is 11.1 Å². The first-order valence-corrected chi connectivity index (χ1v) is 12.5. The number of thiophene rings is 1. The highest BCUT2D eigenvalue weighted by atomic mass is 32.2. The number of hydrogen-bond acceptors (Lipinski definition) is 8. The fourth-order valence-electron chi connectivity index (χ4n) is 3.29. The summed E-state index contributed by atoms with van der Waals surface area (Å²) in [5.74, 6) is -1.81. The molecule has 0 saturated heterocycles. The summed E-state index contributed by atoms with van der Waals surface area (Å²) in [4.78, 5) is 38.1. The second-order valence-corrected chi connectivity index (χ2v) is 10.2. The number of esters is 2. The van der Waals surface area contributed by atoms with E-state index in [1.165, 1.54) is 35.6 Å². The van der Waals surface area contributed by atoms with E-state index < -0.39 is 34.3 Å². The molecule has 0 saturated carbocycles. The van der Waals surface area contributed by atoms with Crippen LogP contribution in [0, 0.1) is 0 Å². The van der Waals surface area contributed by atoms with E-state index in [2.05, 4.69) is 5.32 Å².